The molecule has 0 aromatic heterocycles. The molecule has 1 aliphatic rings. The summed E-state index contributed by atoms with van der Waals surface area (Å²) in [6, 6.07) is 3.36. The van der Waals surface area contributed by atoms with E-state index in [1.54, 1.807) is 30.4 Å². The molecule has 116 valence electrons. The van der Waals surface area contributed by atoms with Crippen LogP contribution in [0, 0.1) is 6.92 Å². The van der Waals surface area contributed by atoms with E-state index in [9.17, 15) is 18.0 Å². The molecule has 3 atom stereocenters. The molecule has 0 N–H and O–H groups in total. The van der Waals surface area contributed by atoms with Crippen LogP contribution in [-0.2, 0) is 6.18 Å². The molecule has 1 aromatic rings. The first-order valence-electron chi connectivity index (χ1n) is 6.69. The van der Waals surface area contributed by atoms with E-state index in [1.807, 2.05) is 0 Å². The number of hydrogen-bond donors (Lipinski definition) is 0. The third kappa shape index (κ3) is 3.77. The van der Waals surface area contributed by atoms with Crippen LogP contribution < -0.4 is 0 Å². The zero-order valence-corrected chi connectivity index (χ0v) is 13.7. The van der Waals surface area contributed by atoms with Gasteiger partial charge in [0.1, 0.15) is 0 Å². The van der Waals surface area contributed by atoms with Crippen molar-refractivity contribution < 1.29 is 18.0 Å². The lowest BCUT2D eigenvalue weighted by Crippen LogP contribution is -2.32. The van der Waals surface area contributed by atoms with Crippen LogP contribution in [0.5, 0.6) is 0 Å². The number of ketones is 1. The molecule has 0 aliphatic carbocycles. The maximum Gasteiger partial charge on any atom is 0.416 e. The molecule has 0 spiro atoms. The highest BCUT2D eigenvalue weighted by Gasteiger charge is 2.33. The fraction of sp³-hybridized carbons (Fsp3) is 0.533. The molecule has 2 rings (SSSR count). The third-order valence-corrected chi connectivity index (χ3v) is 7.05. The molecule has 1 nitrogen and oxygen atoms in total. The highest BCUT2D eigenvalue weighted by molar-refractivity contribution is 8.08. The molecular weight excluding hydrogens is 317 g/mol. The van der Waals surface area contributed by atoms with Gasteiger partial charge in [-0.3, -0.25) is 4.79 Å². The number of halogens is 3. The Kier molecular flexibility index (Phi) is 4.98. The summed E-state index contributed by atoms with van der Waals surface area (Å²) in [5.74, 6) is 0.660. The third-order valence-electron chi connectivity index (χ3n) is 3.66. The van der Waals surface area contributed by atoms with Crippen LogP contribution in [0.2, 0.25) is 0 Å². The molecule has 1 aromatic carbocycles. The summed E-state index contributed by atoms with van der Waals surface area (Å²) in [5, 5.41) is 0.692. The number of aryl methyl sites for hydroxylation is 1. The van der Waals surface area contributed by atoms with E-state index in [0.29, 0.717) is 21.6 Å². The van der Waals surface area contributed by atoms with Crippen molar-refractivity contribution in [2.45, 2.75) is 42.7 Å². The Bertz CT molecular complexity index is 542. The fourth-order valence-electron chi connectivity index (χ4n) is 2.21. The second-order valence-corrected chi connectivity index (χ2v) is 8.26. The summed E-state index contributed by atoms with van der Waals surface area (Å²) in [6.07, 6.45) is -4.37. The zero-order valence-electron chi connectivity index (χ0n) is 12.0. The number of rotatable bonds is 2. The zero-order chi connectivity index (χ0) is 15.8. The van der Waals surface area contributed by atoms with Crippen LogP contribution in [0.25, 0.3) is 0 Å². The van der Waals surface area contributed by atoms with Crippen molar-refractivity contribution in [2.75, 3.05) is 5.75 Å². The van der Waals surface area contributed by atoms with Crippen molar-refractivity contribution in [1.82, 2.24) is 0 Å². The van der Waals surface area contributed by atoms with E-state index in [2.05, 4.69) is 13.8 Å². The molecule has 1 saturated heterocycles. The first-order chi connectivity index (χ1) is 9.70. The normalized spacial score (nSPS) is 26.7. The number of hydrogen-bond acceptors (Lipinski definition) is 3. The van der Waals surface area contributed by atoms with Gasteiger partial charge in [0.25, 0.3) is 0 Å². The van der Waals surface area contributed by atoms with E-state index in [4.69, 9.17) is 0 Å². The lowest BCUT2D eigenvalue weighted by atomic mass is 10.00. The standard InChI is InChI=1S/C15H17F3OS2/c1-8-6-11(15(16,17)18)4-5-12(8)14(19)13-7-20-9(2)10(3)21-13/h4-6,9-10,13H,7H2,1-3H3. The van der Waals surface area contributed by atoms with Gasteiger partial charge in [0.05, 0.1) is 10.8 Å². The van der Waals surface area contributed by atoms with Crippen LogP contribution in [0.4, 0.5) is 13.2 Å². The van der Waals surface area contributed by atoms with Crippen LogP contribution >= 0.6 is 23.5 Å². The largest absolute Gasteiger partial charge is 0.416 e. The minimum Gasteiger partial charge on any atom is -0.293 e. The van der Waals surface area contributed by atoms with Crippen LogP contribution in [-0.4, -0.2) is 27.3 Å². The lowest BCUT2D eigenvalue weighted by molar-refractivity contribution is -0.137. The second-order valence-electron chi connectivity index (χ2n) is 5.26. The molecule has 0 amide bonds. The molecular formula is C15H17F3OS2. The first kappa shape index (κ1) is 16.7. The summed E-state index contributed by atoms with van der Waals surface area (Å²) in [7, 11) is 0. The Morgan fingerprint density at radius 1 is 1.24 bits per heavy atom. The highest BCUT2D eigenvalue weighted by Crippen LogP contribution is 2.38. The maximum absolute atomic E-state index is 12.7. The molecule has 6 heteroatoms. The Labute approximate surface area is 131 Å². The van der Waals surface area contributed by atoms with Gasteiger partial charge in [-0.15, -0.1) is 11.8 Å². The second kappa shape index (κ2) is 6.24. The Morgan fingerprint density at radius 3 is 2.43 bits per heavy atom. The first-order valence-corrected chi connectivity index (χ1v) is 8.68. The molecule has 1 heterocycles. The van der Waals surface area contributed by atoms with E-state index in [1.165, 1.54) is 6.07 Å². The van der Waals surface area contributed by atoms with Crippen LogP contribution in [0.3, 0.4) is 0 Å². The summed E-state index contributed by atoms with van der Waals surface area (Å²) in [4.78, 5) is 12.5. The topological polar surface area (TPSA) is 17.1 Å². The van der Waals surface area contributed by atoms with Gasteiger partial charge >= 0.3 is 6.18 Å². The molecule has 1 aliphatic heterocycles. The molecule has 1 fully saturated rings. The molecule has 0 radical (unpaired) electrons. The van der Waals surface area contributed by atoms with Crippen LogP contribution in [0.1, 0.15) is 35.3 Å². The monoisotopic (exact) mass is 334 g/mol. The van der Waals surface area contributed by atoms with E-state index in [-0.39, 0.29) is 11.0 Å². The van der Waals surface area contributed by atoms with Crippen molar-refractivity contribution in [1.29, 1.82) is 0 Å². The fourth-order valence-corrected chi connectivity index (χ4v) is 5.08. The van der Waals surface area contributed by atoms with Crippen molar-refractivity contribution in [3.63, 3.8) is 0 Å². The van der Waals surface area contributed by atoms with Gasteiger partial charge in [-0.2, -0.15) is 24.9 Å². The maximum atomic E-state index is 12.7. The van der Waals surface area contributed by atoms with Crippen LogP contribution in [0.15, 0.2) is 18.2 Å². The quantitative estimate of drug-likeness (QED) is 0.722. The van der Waals surface area contributed by atoms with Gasteiger partial charge in [-0.1, -0.05) is 19.9 Å². The predicted octanol–water partition coefficient (Wildman–Crippen LogP) is 4.82. The summed E-state index contributed by atoms with van der Waals surface area (Å²) < 4.78 is 38.0. The number of benzene rings is 1. The van der Waals surface area contributed by atoms with Gasteiger partial charge in [0, 0.05) is 21.8 Å². The minimum atomic E-state index is -4.37. The molecule has 0 saturated carbocycles. The molecule has 21 heavy (non-hydrogen) atoms. The van der Waals surface area contributed by atoms with Crippen molar-refractivity contribution in [3.8, 4) is 0 Å². The highest BCUT2D eigenvalue weighted by atomic mass is 32.2. The minimum absolute atomic E-state index is 0.0579. The Balaban J connectivity index is 2.20. The van der Waals surface area contributed by atoms with E-state index >= 15 is 0 Å². The van der Waals surface area contributed by atoms with Gasteiger partial charge in [0.2, 0.25) is 0 Å². The number of thioether (sulfide) groups is 2. The van der Waals surface area contributed by atoms with Crippen molar-refractivity contribution in [2.24, 2.45) is 0 Å². The van der Waals surface area contributed by atoms with Gasteiger partial charge in [-0.25, -0.2) is 0 Å². The van der Waals surface area contributed by atoms with E-state index < -0.39 is 11.7 Å². The smallest absolute Gasteiger partial charge is 0.293 e. The number of alkyl halides is 3. The Hall–Kier alpha value is -0.620. The Morgan fingerprint density at radius 2 is 1.90 bits per heavy atom. The summed E-state index contributed by atoms with van der Waals surface area (Å²) in [6.45, 7) is 5.78. The van der Waals surface area contributed by atoms with Gasteiger partial charge < -0.3 is 0 Å². The van der Waals surface area contributed by atoms with Crippen molar-refractivity contribution in [3.05, 3.63) is 34.9 Å². The summed E-state index contributed by atoms with van der Waals surface area (Å²) in [5.41, 5.74) is 0.0961. The van der Waals surface area contributed by atoms with Gasteiger partial charge in [0.15, 0.2) is 5.78 Å². The van der Waals surface area contributed by atoms with Crippen molar-refractivity contribution >= 4 is 29.3 Å². The SMILES string of the molecule is Cc1cc(C(F)(F)F)ccc1C(=O)C1CSC(C)C(C)S1. The number of carbonyl (C=O) groups excluding carboxylic acids is 1. The average Bonchev–Trinajstić information content (AvgIpc) is 2.40. The molecule has 0 bridgehead atoms. The van der Waals surface area contributed by atoms with Gasteiger partial charge in [-0.05, 0) is 24.6 Å². The molecule has 3 unspecified atom stereocenters. The number of carbonyl (C=O) groups is 1. The number of Topliss-reactive ketones (excluding diaryl/α,β-unsaturated/α-hetero) is 1. The predicted molar refractivity (Wildman–Crippen MR) is 83.3 cm³/mol. The lowest BCUT2D eigenvalue weighted by Gasteiger charge is -2.30. The van der Waals surface area contributed by atoms with E-state index in [0.717, 1.165) is 17.9 Å². The average molecular weight is 334 g/mol. The summed E-state index contributed by atoms with van der Waals surface area (Å²) >= 11 is 3.37.